The molecule has 2 N–H and O–H groups in total. The van der Waals surface area contributed by atoms with Crippen molar-refractivity contribution in [2.24, 2.45) is 0 Å². The van der Waals surface area contributed by atoms with Crippen molar-refractivity contribution in [3.05, 3.63) is 77.7 Å². The maximum absolute atomic E-state index is 14.6. The van der Waals surface area contributed by atoms with Gasteiger partial charge in [0.2, 0.25) is 23.6 Å². The monoisotopic (exact) mass is 497 g/mol. The number of benzene rings is 2. The zero-order valence-corrected chi connectivity index (χ0v) is 18.7. The van der Waals surface area contributed by atoms with E-state index in [1.54, 1.807) is 24.3 Å². The second-order valence-electron chi connectivity index (χ2n) is 7.82. The van der Waals surface area contributed by atoms with Crippen LogP contribution in [0.4, 0.5) is 19.2 Å². The molecule has 0 saturated carbocycles. The van der Waals surface area contributed by atoms with Gasteiger partial charge in [0.15, 0.2) is 0 Å². The van der Waals surface area contributed by atoms with Crippen molar-refractivity contribution in [1.82, 2.24) is 20.5 Å². The van der Waals surface area contributed by atoms with Crippen LogP contribution >= 0.6 is 0 Å². The molecule has 4 aromatic rings. The summed E-state index contributed by atoms with van der Waals surface area (Å²) >= 11 is 0. The molecular weight excluding hydrogens is 479 g/mol. The molecule has 0 spiro atoms. The molecule has 1 saturated heterocycles. The highest BCUT2D eigenvalue weighted by molar-refractivity contribution is 5.88. The van der Waals surface area contributed by atoms with Crippen molar-refractivity contribution < 1.29 is 31.9 Å². The quantitative estimate of drug-likeness (QED) is 0.368. The van der Waals surface area contributed by atoms with E-state index < -0.39 is 35.4 Å². The smallest absolute Gasteiger partial charge is 0.316 e. The van der Waals surface area contributed by atoms with Crippen LogP contribution in [-0.2, 0) is 4.79 Å². The molecule has 1 amide bonds. The number of nitrogens with one attached hydrogen (secondary N) is 2. The highest BCUT2D eigenvalue weighted by Gasteiger charge is 2.40. The fourth-order valence-corrected chi connectivity index (χ4v) is 3.85. The van der Waals surface area contributed by atoms with E-state index >= 15 is 0 Å². The minimum atomic E-state index is -1.05. The number of rotatable bonds is 7. The Morgan fingerprint density at radius 1 is 1.03 bits per heavy atom. The summed E-state index contributed by atoms with van der Waals surface area (Å²) in [5, 5.41) is 13.2. The van der Waals surface area contributed by atoms with Crippen molar-refractivity contribution in [3.63, 3.8) is 0 Å². The van der Waals surface area contributed by atoms with E-state index in [1.165, 1.54) is 25.3 Å². The van der Waals surface area contributed by atoms with Gasteiger partial charge in [-0.3, -0.25) is 4.79 Å². The number of hydrogen-bond acceptors (Lipinski definition) is 8. The van der Waals surface area contributed by atoms with Crippen LogP contribution in [0.2, 0.25) is 0 Å². The number of carbonyl (C=O) groups is 1. The van der Waals surface area contributed by atoms with Crippen molar-refractivity contribution >= 4 is 11.9 Å². The van der Waals surface area contributed by atoms with Gasteiger partial charge in [0.1, 0.15) is 29.2 Å². The van der Waals surface area contributed by atoms with Gasteiger partial charge in [-0.15, -0.1) is 5.10 Å². The molecule has 0 radical (unpaired) electrons. The molecule has 3 heterocycles. The fraction of sp³-hybridized carbons (Fsp3) is 0.167. The Kier molecular flexibility index (Phi) is 6.15. The molecule has 12 heteroatoms. The van der Waals surface area contributed by atoms with Crippen LogP contribution in [0.1, 0.15) is 11.5 Å². The first-order valence-electron chi connectivity index (χ1n) is 10.7. The fourth-order valence-electron chi connectivity index (χ4n) is 3.85. The minimum absolute atomic E-state index is 0.0132. The molecule has 1 unspecified atom stereocenters. The van der Waals surface area contributed by atoms with Crippen molar-refractivity contribution in [1.29, 1.82) is 0 Å². The largest absolute Gasteiger partial charge is 0.497 e. The third-order valence-corrected chi connectivity index (χ3v) is 5.56. The average Bonchev–Trinajstić information content (AvgIpc) is 3.47. The van der Waals surface area contributed by atoms with Gasteiger partial charge in [0.05, 0.1) is 7.11 Å². The van der Waals surface area contributed by atoms with E-state index in [1.807, 2.05) is 0 Å². The molecule has 36 heavy (non-hydrogen) atoms. The molecule has 1 aliphatic heterocycles. The van der Waals surface area contributed by atoms with Crippen LogP contribution < -0.4 is 20.1 Å². The molecule has 1 fully saturated rings. The zero-order chi connectivity index (χ0) is 25.2. The number of halogens is 3. The first-order valence-corrected chi connectivity index (χ1v) is 10.7. The molecule has 0 bridgehead atoms. The summed E-state index contributed by atoms with van der Waals surface area (Å²) in [5.41, 5.74) is 0.282. The lowest BCUT2D eigenvalue weighted by Gasteiger charge is -2.19. The summed E-state index contributed by atoms with van der Waals surface area (Å²) in [4.78, 5) is 16.0. The topological polar surface area (TPSA) is 111 Å². The summed E-state index contributed by atoms with van der Waals surface area (Å²) in [6, 6.07) is 11.7. The number of aromatic nitrogens is 3. The molecule has 1 aliphatic rings. The molecule has 5 rings (SSSR count). The number of ether oxygens (including phenoxy) is 2. The maximum Gasteiger partial charge on any atom is 0.316 e. The summed E-state index contributed by atoms with van der Waals surface area (Å²) in [5.74, 6) is -3.00. The summed E-state index contributed by atoms with van der Waals surface area (Å²) in [7, 11) is 1.30. The number of methoxy groups -OCH3 is 1. The van der Waals surface area contributed by atoms with Crippen LogP contribution in [-0.4, -0.2) is 40.8 Å². The van der Waals surface area contributed by atoms with E-state index in [2.05, 4.69) is 25.8 Å². The molecular formula is C24H18F3N5O4. The van der Waals surface area contributed by atoms with E-state index in [4.69, 9.17) is 13.9 Å². The summed E-state index contributed by atoms with van der Waals surface area (Å²) < 4.78 is 58.5. The van der Waals surface area contributed by atoms with Crippen LogP contribution in [0.25, 0.3) is 11.5 Å². The average molecular weight is 497 g/mol. The Hall–Kier alpha value is -4.61. The molecule has 2 aromatic heterocycles. The van der Waals surface area contributed by atoms with Gasteiger partial charge < -0.3 is 24.5 Å². The Morgan fingerprint density at radius 2 is 1.78 bits per heavy atom. The standard InChI is InChI=1S/C24H18F3N5O4/c1-34-14-9-16(25)20(17(26)10-14)15-11-28-22(33)21(15)30-24-32-31-23(36-24)12-5-7-13(8-6-12)35-19-4-2-3-18(27)29-19/h2-10,15,21H,11H2,1H3,(H,28,33)(H,30,32)/t15?,21-/m1/s1. The maximum atomic E-state index is 14.6. The van der Waals surface area contributed by atoms with Crippen LogP contribution in [0.5, 0.6) is 17.4 Å². The van der Waals surface area contributed by atoms with Gasteiger partial charge in [-0.05, 0) is 30.3 Å². The molecule has 9 nitrogen and oxygen atoms in total. The van der Waals surface area contributed by atoms with Crippen LogP contribution in [0.3, 0.4) is 0 Å². The number of anilines is 1. The lowest BCUT2D eigenvalue weighted by molar-refractivity contribution is -0.119. The van der Waals surface area contributed by atoms with Crippen molar-refractivity contribution in [2.75, 3.05) is 19.0 Å². The van der Waals surface area contributed by atoms with Crippen LogP contribution in [0, 0.1) is 17.6 Å². The SMILES string of the molecule is COc1cc(F)c(C2CNC(=O)[C@@H]2Nc2nnc(-c3ccc(Oc4cccc(F)n4)cc3)o2)c(F)c1. The van der Waals surface area contributed by atoms with E-state index in [0.717, 1.165) is 12.1 Å². The van der Waals surface area contributed by atoms with Gasteiger partial charge in [0, 0.05) is 41.8 Å². The number of carbonyl (C=O) groups excluding carboxylic acids is 1. The Morgan fingerprint density at radius 3 is 2.47 bits per heavy atom. The predicted molar refractivity (Wildman–Crippen MR) is 120 cm³/mol. The zero-order valence-electron chi connectivity index (χ0n) is 18.7. The highest BCUT2D eigenvalue weighted by Crippen LogP contribution is 2.33. The lowest BCUT2D eigenvalue weighted by atomic mass is 9.93. The number of pyridine rings is 1. The summed E-state index contributed by atoms with van der Waals surface area (Å²) in [6.07, 6.45) is 0. The van der Waals surface area contributed by atoms with Gasteiger partial charge in [-0.1, -0.05) is 11.2 Å². The van der Waals surface area contributed by atoms with Gasteiger partial charge in [-0.25, -0.2) is 8.78 Å². The van der Waals surface area contributed by atoms with Crippen molar-refractivity contribution in [2.45, 2.75) is 12.0 Å². The van der Waals surface area contributed by atoms with E-state index in [0.29, 0.717) is 11.3 Å². The molecule has 2 atom stereocenters. The second-order valence-corrected chi connectivity index (χ2v) is 7.82. The van der Waals surface area contributed by atoms with E-state index in [9.17, 15) is 18.0 Å². The molecule has 184 valence electrons. The van der Waals surface area contributed by atoms with Crippen LogP contribution in [0.15, 0.2) is 59.0 Å². The summed E-state index contributed by atoms with van der Waals surface area (Å²) in [6.45, 7) is 0.0132. The number of amides is 1. The van der Waals surface area contributed by atoms with Gasteiger partial charge in [0.25, 0.3) is 0 Å². The Labute approximate surface area is 202 Å². The van der Waals surface area contributed by atoms with Crippen molar-refractivity contribution in [3.8, 4) is 28.8 Å². The van der Waals surface area contributed by atoms with Gasteiger partial charge >= 0.3 is 6.01 Å². The Balaban J connectivity index is 1.31. The normalized spacial score (nSPS) is 17.1. The third kappa shape index (κ3) is 4.65. The predicted octanol–water partition coefficient (Wildman–Crippen LogP) is 4.04. The number of nitrogens with zero attached hydrogens (tertiary/aromatic N) is 3. The van der Waals surface area contributed by atoms with E-state index in [-0.39, 0.29) is 35.6 Å². The molecule has 0 aliphatic carbocycles. The highest BCUT2D eigenvalue weighted by atomic mass is 19.1. The second kappa shape index (κ2) is 9.56. The Bertz CT molecular complexity index is 1390. The van der Waals surface area contributed by atoms with Gasteiger partial charge in [-0.2, -0.15) is 9.37 Å². The third-order valence-electron chi connectivity index (χ3n) is 5.56. The minimum Gasteiger partial charge on any atom is -0.497 e. The lowest BCUT2D eigenvalue weighted by Crippen LogP contribution is -2.33. The first kappa shape index (κ1) is 23.1. The molecule has 2 aromatic carbocycles. The number of hydrogen-bond donors (Lipinski definition) is 2. The first-order chi connectivity index (χ1) is 17.4.